The molecule has 5 heteroatoms. The van der Waals surface area contributed by atoms with Gasteiger partial charge in [0, 0.05) is 18.0 Å². The van der Waals surface area contributed by atoms with Crippen molar-refractivity contribution in [3.05, 3.63) is 76.6 Å². The molecular formula is C29H33N5. The van der Waals surface area contributed by atoms with Crippen molar-refractivity contribution in [2.45, 2.75) is 66.7 Å². The lowest BCUT2D eigenvalue weighted by atomic mass is 10.0. The van der Waals surface area contributed by atoms with Gasteiger partial charge in [-0.1, -0.05) is 50.5 Å². The fourth-order valence-electron chi connectivity index (χ4n) is 3.80. The largest absolute Gasteiger partial charge is 0.253 e. The monoisotopic (exact) mass is 451 g/mol. The first kappa shape index (κ1) is 23.7. The van der Waals surface area contributed by atoms with E-state index >= 15 is 0 Å². The van der Waals surface area contributed by atoms with E-state index in [4.69, 9.17) is 15.0 Å². The molecule has 4 aromatic rings. The van der Waals surface area contributed by atoms with Crippen molar-refractivity contribution < 1.29 is 0 Å². The Morgan fingerprint density at radius 3 is 1.62 bits per heavy atom. The SMILES string of the molecule is CCCCCCc1ccc(-c2nc(-c3cc(C)c(C)cn3)nc(-c3cc(C)c(C)cn3)n2)cc1. The first-order valence-corrected chi connectivity index (χ1v) is 12.2. The molecule has 0 aliphatic carbocycles. The van der Waals surface area contributed by atoms with Crippen LogP contribution in [0.5, 0.6) is 0 Å². The van der Waals surface area contributed by atoms with Gasteiger partial charge in [0.05, 0.1) is 0 Å². The van der Waals surface area contributed by atoms with Gasteiger partial charge in [-0.3, -0.25) is 9.97 Å². The van der Waals surface area contributed by atoms with Crippen LogP contribution in [0.3, 0.4) is 0 Å². The summed E-state index contributed by atoms with van der Waals surface area (Å²) in [5.74, 6) is 1.76. The van der Waals surface area contributed by atoms with E-state index in [9.17, 15) is 0 Å². The molecule has 0 fully saturated rings. The molecule has 0 radical (unpaired) electrons. The predicted octanol–water partition coefficient (Wildman–Crippen LogP) is 7.02. The summed E-state index contributed by atoms with van der Waals surface area (Å²) in [5, 5.41) is 0. The van der Waals surface area contributed by atoms with E-state index in [2.05, 4.69) is 68.9 Å². The summed E-state index contributed by atoms with van der Waals surface area (Å²) >= 11 is 0. The van der Waals surface area contributed by atoms with Gasteiger partial charge in [-0.15, -0.1) is 0 Å². The Kier molecular flexibility index (Phi) is 7.41. The predicted molar refractivity (Wildman–Crippen MR) is 139 cm³/mol. The number of unbranched alkanes of at least 4 members (excludes halogenated alkanes) is 3. The quantitative estimate of drug-likeness (QED) is 0.269. The van der Waals surface area contributed by atoms with Crippen molar-refractivity contribution in [1.82, 2.24) is 24.9 Å². The molecule has 0 amide bonds. The Labute approximate surface area is 202 Å². The second-order valence-corrected chi connectivity index (χ2v) is 9.12. The minimum atomic E-state index is 0.562. The van der Waals surface area contributed by atoms with Crippen LogP contribution in [-0.4, -0.2) is 24.9 Å². The standard InChI is InChI=1S/C29H33N5/c1-6-7-8-9-10-23-11-13-24(14-12-23)27-32-28(25-15-19(2)21(4)17-30-25)34-29(33-27)26-16-20(3)22(5)18-31-26/h11-18H,6-10H2,1-5H3. The molecule has 3 heterocycles. The molecule has 0 bridgehead atoms. The van der Waals surface area contributed by atoms with Crippen LogP contribution in [0.1, 0.15) is 60.4 Å². The molecule has 34 heavy (non-hydrogen) atoms. The Morgan fingerprint density at radius 1 is 0.588 bits per heavy atom. The maximum Gasteiger partial charge on any atom is 0.182 e. The van der Waals surface area contributed by atoms with Gasteiger partial charge in [0.15, 0.2) is 17.5 Å². The molecule has 0 saturated carbocycles. The van der Waals surface area contributed by atoms with Crippen LogP contribution in [0.2, 0.25) is 0 Å². The van der Waals surface area contributed by atoms with Crippen LogP contribution in [0.15, 0.2) is 48.8 Å². The summed E-state index contributed by atoms with van der Waals surface area (Å²) in [4.78, 5) is 23.6. The number of pyridine rings is 2. The number of rotatable bonds is 8. The molecule has 0 spiro atoms. The smallest absolute Gasteiger partial charge is 0.182 e. The number of benzene rings is 1. The Bertz CT molecular complexity index is 1210. The van der Waals surface area contributed by atoms with Crippen molar-refractivity contribution in [2.75, 3.05) is 0 Å². The molecule has 174 valence electrons. The highest BCUT2D eigenvalue weighted by Gasteiger charge is 2.15. The zero-order valence-electron chi connectivity index (χ0n) is 20.9. The number of hydrogen-bond donors (Lipinski definition) is 0. The second-order valence-electron chi connectivity index (χ2n) is 9.12. The molecule has 0 saturated heterocycles. The van der Waals surface area contributed by atoms with E-state index in [1.807, 2.05) is 24.5 Å². The number of aryl methyl sites for hydroxylation is 5. The van der Waals surface area contributed by atoms with Crippen molar-refractivity contribution in [2.24, 2.45) is 0 Å². The van der Waals surface area contributed by atoms with Crippen LogP contribution in [-0.2, 0) is 6.42 Å². The molecule has 0 aliphatic heterocycles. The highest BCUT2D eigenvalue weighted by atomic mass is 15.1. The van der Waals surface area contributed by atoms with Crippen LogP contribution in [0, 0.1) is 27.7 Å². The van der Waals surface area contributed by atoms with Gasteiger partial charge in [0.1, 0.15) is 11.4 Å². The molecule has 4 rings (SSSR count). The second kappa shape index (κ2) is 10.6. The third-order valence-electron chi connectivity index (χ3n) is 6.37. The normalized spacial score (nSPS) is 11.1. The maximum absolute atomic E-state index is 4.81. The molecular weight excluding hydrogens is 418 g/mol. The van der Waals surface area contributed by atoms with Gasteiger partial charge in [0.2, 0.25) is 0 Å². The summed E-state index contributed by atoms with van der Waals surface area (Å²) in [6.07, 6.45) is 9.91. The molecule has 0 N–H and O–H groups in total. The third kappa shape index (κ3) is 5.53. The van der Waals surface area contributed by atoms with E-state index in [0.717, 1.165) is 45.6 Å². The van der Waals surface area contributed by atoms with Crippen molar-refractivity contribution in [3.8, 4) is 34.4 Å². The van der Waals surface area contributed by atoms with Gasteiger partial charge < -0.3 is 0 Å². The summed E-state index contributed by atoms with van der Waals surface area (Å²) in [7, 11) is 0. The number of hydrogen-bond acceptors (Lipinski definition) is 5. The van der Waals surface area contributed by atoms with Crippen molar-refractivity contribution in [3.63, 3.8) is 0 Å². The lowest BCUT2D eigenvalue weighted by molar-refractivity contribution is 0.667. The van der Waals surface area contributed by atoms with Crippen molar-refractivity contribution >= 4 is 0 Å². The van der Waals surface area contributed by atoms with Gasteiger partial charge >= 0.3 is 0 Å². The van der Waals surface area contributed by atoms with Crippen LogP contribution in [0.25, 0.3) is 34.4 Å². The number of aromatic nitrogens is 5. The van der Waals surface area contributed by atoms with Crippen LogP contribution >= 0.6 is 0 Å². The van der Waals surface area contributed by atoms with E-state index in [-0.39, 0.29) is 0 Å². The summed E-state index contributed by atoms with van der Waals surface area (Å²) in [6, 6.07) is 12.7. The summed E-state index contributed by atoms with van der Waals surface area (Å²) < 4.78 is 0. The van der Waals surface area contributed by atoms with Crippen LogP contribution < -0.4 is 0 Å². The Morgan fingerprint density at radius 2 is 1.12 bits per heavy atom. The highest BCUT2D eigenvalue weighted by Crippen LogP contribution is 2.25. The summed E-state index contributed by atoms with van der Waals surface area (Å²) in [6.45, 7) is 10.5. The zero-order valence-corrected chi connectivity index (χ0v) is 20.9. The van der Waals surface area contributed by atoms with Gasteiger partial charge in [-0.2, -0.15) is 0 Å². The molecule has 0 atom stereocenters. The molecule has 0 unspecified atom stereocenters. The molecule has 5 nitrogen and oxygen atoms in total. The number of nitrogens with zero attached hydrogens (tertiary/aromatic N) is 5. The van der Waals surface area contributed by atoms with Gasteiger partial charge in [-0.05, 0) is 80.5 Å². The minimum absolute atomic E-state index is 0.562. The molecule has 3 aromatic heterocycles. The fraction of sp³-hybridized carbons (Fsp3) is 0.345. The Balaban J connectivity index is 1.74. The Hall–Kier alpha value is -3.47. The van der Waals surface area contributed by atoms with Crippen molar-refractivity contribution in [1.29, 1.82) is 0 Å². The van der Waals surface area contributed by atoms with E-state index < -0.39 is 0 Å². The lowest BCUT2D eigenvalue weighted by Gasteiger charge is -2.10. The van der Waals surface area contributed by atoms with E-state index in [0.29, 0.717) is 17.5 Å². The maximum atomic E-state index is 4.81. The van der Waals surface area contributed by atoms with E-state index in [1.165, 1.54) is 31.2 Å². The fourth-order valence-corrected chi connectivity index (χ4v) is 3.80. The third-order valence-corrected chi connectivity index (χ3v) is 6.37. The lowest BCUT2D eigenvalue weighted by Crippen LogP contribution is -2.03. The van der Waals surface area contributed by atoms with Gasteiger partial charge in [-0.25, -0.2) is 15.0 Å². The zero-order chi connectivity index (χ0) is 24.1. The molecule has 1 aromatic carbocycles. The summed E-state index contributed by atoms with van der Waals surface area (Å²) in [5.41, 5.74) is 8.40. The first-order chi connectivity index (χ1) is 16.4. The topological polar surface area (TPSA) is 64.5 Å². The van der Waals surface area contributed by atoms with Crippen LogP contribution in [0.4, 0.5) is 0 Å². The van der Waals surface area contributed by atoms with Gasteiger partial charge in [0.25, 0.3) is 0 Å². The highest BCUT2D eigenvalue weighted by molar-refractivity contribution is 5.64. The molecule has 0 aliphatic rings. The average Bonchev–Trinajstić information content (AvgIpc) is 2.85. The van der Waals surface area contributed by atoms with E-state index in [1.54, 1.807) is 0 Å². The average molecular weight is 452 g/mol. The minimum Gasteiger partial charge on any atom is -0.253 e. The first-order valence-electron chi connectivity index (χ1n) is 12.2.